The van der Waals surface area contributed by atoms with E-state index in [0.717, 1.165) is 0 Å². The first-order chi connectivity index (χ1) is 14.5. The van der Waals surface area contributed by atoms with Crippen LogP contribution in [0.25, 0.3) is 28.6 Å². The van der Waals surface area contributed by atoms with Crippen LogP contribution < -0.4 is 0 Å². The maximum absolute atomic E-state index is 10.8. The summed E-state index contributed by atoms with van der Waals surface area (Å²) in [5, 5.41) is 11.8. The van der Waals surface area contributed by atoms with Crippen molar-refractivity contribution in [2.45, 2.75) is 0 Å². The largest absolute Gasteiger partial charge is 0.436 e. The van der Waals surface area contributed by atoms with Crippen molar-refractivity contribution in [3.63, 3.8) is 0 Å². The van der Waals surface area contributed by atoms with Gasteiger partial charge in [0.15, 0.2) is 5.58 Å². The van der Waals surface area contributed by atoms with E-state index in [1.54, 1.807) is 66.9 Å². The van der Waals surface area contributed by atoms with Gasteiger partial charge in [-0.25, -0.2) is 4.98 Å². The average Bonchev–Trinajstić information content (AvgIpc) is 3.14. The number of rotatable bonds is 5. The first kappa shape index (κ1) is 19.8. The number of aliphatic imine (C=N–C) groups is 1. The molecule has 0 saturated carbocycles. The van der Waals surface area contributed by atoms with E-state index in [-0.39, 0.29) is 5.69 Å². The van der Waals surface area contributed by atoms with E-state index in [4.69, 9.17) is 27.6 Å². The molecule has 1 aromatic heterocycles. The van der Waals surface area contributed by atoms with Crippen molar-refractivity contribution in [2.75, 3.05) is 0 Å². The number of halogens is 2. The van der Waals surface area contributed by atoms with Crippen LogP contribution in [0.2, 0.25) is 10.0 Å². The molecule has 0 spiro atoms. The van der Waals surface area contributed by atoms with Crippen LogP contribution in [0.1, 0.15) is 5.56 Å². The summed E-state index contributed by atoms with van der Waals surface area (Å²) in [5.74, 6) is 0.401. The molecule has 0 fully saturated rings. The summed E-state index contributed by atoms with van der Waals surface area (Å²) in [6.07, 6.45) is 5.06. The number of non-ortho nitro benzene ring substituents is 1. The zero-order valence-electron chi connectivity index (χ0n) is 15.3. The van der Waals surface area contributed by atoms with Crippen molar-refractivity contribution < 1.29 is 9.34 Å². The molecule has 0 radical (unpaired) electrons. The minimum absolute atomic E-state index is 0.0437. The molecule has 0 aliphatic carbocycles. The third-order valence-electron chi connectivity index (χ3n) is 4.21. The van der Waals surface area contributed by atoms with Crippen molar-refractivity contribution in [3.05, 3.63) is 92.5 Å². The van der Waals surface area contributed by atoms with Gasteiger partial charge in [-0.3, -0.25) is 15.1 Å². The highest BCUT2D eigenvalue weighted by Crippen LogP contribution is 2.32. The zero-order chi connectivity index (χ0) is 21.1. The van der Waals surface area contributed by atoms with Gasteiger partial charge in [0.05, 0.1) is 21.2 Å². The van der Waals surface area contributed by atoms with E-state index in [0.29, 0.717) is 43.9 Å². The summed E-state index contributed by atoms with van der Waals surface area (Å²) < 4.78 is 5.78. The summed E-state index contributed by atoms with van der Waals surface area (Å²) >= 11 is 12.2. The number of oxazole rings is 1. The van der Waals surface area contributed by atoms with Gasteiger partial charge in [0.1, 0.15) is 5.52 Å². The molecule has 6 nitrogen and oxygen atoms in total. The number of hydrogen-bond donors (Lipinski definition) is 0. The lowest BCUT2D eigenvalue weighted by Crippen LogP contribution is -1.87. The van der Waals surface area contributed by atoms with Gasteiger partial charge in [-0.1, -0.05) is 41.4 Å². The Morgan fingerprint density at radius 1 is 1.07 bits per heavy atom. The van der Waals surface area contributed by atoms with Crippen LogP contribution in [0.15, 0.2) is 76.1 Å². The third kappa shape index (κ3) is 4.40. The molecular formula is C22H13Cl2N3O3. The number of nitro benzene ring substituents is 1. The lowest BCUT2D eigenvalue weighted by Gasteiger charge is -1.98. The smallest absolute Gasteiger partial charge is 0.270 e. The quantitative estimate of drug-likeness (QED) is 0.189. The summed E-state index contributed by atoms with van der Waals surface area (Å²) in [6.45, 7) is 0. The lowest BCUT2D eigenvalue weighted by atomic mass is 10.2. The highest BCUT2D eigenvalue weighted by Gasteiger charge is 2.12. The van der Waals surface area contributed by atoms with E-state index in [2.05, 4.69) is 9.98 Å². The van der Waals surface area contributed by atoms with Crippen molar-refractivity contribution >= 4 is 58.0 Å². The highest BCUT2D eigenvalue weighted by molar-refractivity contribution is 6.36. The van der Waals surface area contributed by atoms with Crippen molar-refractivity contribution in [2.24, 2.45) is 4.99 Å². The Morgan fingerprint density at radius 3 is 2.73 bits per heavy atom. The number of nitrogens with zero attached hydrogens (tertiary/aromatic N) is 3. The average molecular weight is 438 g/mol. The Bertz CT molecular complexity index is 1310. The predicted molar refractivity (Wildman–Crippen MR) is 120 cm³/mol. The number of nitro groups is 1. The molecule has 0 saturated heterocycles. The number of aromatic nitrogens is 1. The topological polar surface area (TPSA) is 81.5 Å². The second-order valence-electron chi connectivity index (χ2n) is 6.28. The van der Waals surface area contributed by atoms with Crippen LogP contribution in [0, 0.1) is 10.1 Å². The summed E-state index contributed by atoms with van der Waals surface area (Å²) in [5.41, 5.74) is 3.36. The van der Waals surface area contributed by atoms with E-state index < -0.39 is 4.92 Å². The van der Waals surface area contributed by atoms with Crippen LogP contribution in [-0.2, 0) is 0 Å². The number of fused-ring (bicyclic) bond motifs is 1. The van der Waals surface area contributed by atoms with Gasteiger partial charge in [-0.15, -0.1) is 0 Å². The van der Waals surface area contributed by atoms with Gasteiger partial charge >= 0.3 is 0 Å². The Morgan fingerprint density at radius 2 is 1.93 bits per heavy atom. The van der Waals surface area contributed by atoms with E-state index in [1.807, 2.05) is 0 Å². The molecule has 30 heavy (non-hydrogen) atoms. The number of allylic oxidation sites excluding steroid dienone is 1. The molecule has 0 unspecified atom stereocenters. The summed E-state index contributed by atoms with van der Waals surface area (Å²) in [6, 6.07) is 16.9. The van der Waals surface area contributed by atoms with Gasteiger partial charge in [-0.05, 0) is 48.0 Å². The predicted octanol–water partition coefficient (Wildman–Crippen LogP) is 7.13. The summed E-state index contributed by atoms with van der Waals surface area (Å²) in [7, 11) is 0. The molecule has 0 atom stereocenters. The molecular weight excluding hydrogens is 425 g/mol. The van der Waals surface area contributed by atoms with Crippen LogP contribution in [-0.4, -0.2) is 16.1 Å². The van der Waals surface area contributed by atoms with E-state index in [9.17, 15) is 10.1 Å². The SMILES string of the molecule is O=[N+]([O-])c1cccc(/C=C\C=Nc2ccc3oc(-c4ccc(Cl)cc4Cl)nc3c2)c1. The third-order valence-corrected chi connectivity index (χ3v) is 4.76. The first-order valence-corrected chi connectivity index (χ1v) is 9.56. The minimum Gasteiger partial charge on any atom is -0.436 e. The zero-order valence-corrected chi connectivity index (χ0v) is 16.8. The van der Waals surface area contributed by atoms with Crippen molar-refractivity contribution in [1.29, 1.82) is 0 Å². The van der Waals surface area contributed by atoms with Crippen LogP contribution in [0.3, 0.4) is 0 Å². The van der Waals surface area contributed by atoms with Crippen LogP contribution in [0.5, 0.6) is 0 Å². The molecule has 0 aliphatic heterocycles. The fourth-order valence-electron chi connectivity index (χ4n) is 2.80. The maximum atomic E-state index is 10.8. The molecule has 4 aromatic rings. The lowest BCUT2D eigenvalue weighted by molar-refractivity contribution is -0.384. The second-order valence-corrected chi connectivity index (χ2v) is 7.13. The van der Waals surface area contributed by atoms with Gasteiger partial charge in [0.2, 0.25) is 5.89 Å². The Hall–Kier alpha value is -3.48. The van der Waals surface area contributed by atoms with Gasteiger partial charge in [0, 0.05) is 23.4 Å². The minimum atomic E-state index is -0.427. The Balaban J connectivity index is 1.54. The fraction of sp³-hybridized carbons (Fsp3) is 0. The Labute approximate surface area is 181 Å². The molecule has 3 aromatic carbocycles. The Kier molecular flexibility index (Phi) is 5.61. The van der Waals surface area contributed by atoms with Crippen LogP contribution >= 0.6 is 23.2 Å². The maximum Gasteiger partial charge on any atom is 0.270 e. The molecule has 148 valence electrons. The molecule has 1 heterocycles. The van der Waals surface area contributed by atoms with Crippen LogP contribution in [0.4, 0.5) is 11.4 Å². The van der Waals surface area contributed by atoms with Gasteiger partial charge in [0.25, 0.3) is 5.69 Å². The molecule has 8 heteroatoms. The van der Waals surface area contributed by atoms with Crippen molar-refractivity contribution in [3.8, 4) is 11.5 Å². The second kappa shape index (κ2) is 8.49. The molecule has 0 N–H and O–H groups in total. The normalized spacial score (nSPS) is 11.7. The fourth-order valence-corrected chi connectivity index (χ4v) is 3.29. The summed E-state index contributed by atoms with van der Waals surface area (Å²) in [4.78, 5) is 19.3. The number of benzene rings is 3. The highest BCUT2D eigenvalue weighted by atomic mass is 35.5. The molecule has 0 bridgehead atoms. The molecule has 4 rings (SSSR count). The van der Waals surface area contributed by atoms with E-state index in [1.165, 1.54) is 12.1 Å². The standard InChI is InChI=1S/C22H13Cl2N3O3/c23-15-6-8-18(19(24)12-15)22-26-20-13-16(7-9-21(20)30-22)25-10-2-4-14-3-1-5-17(11-14)27(28)29/h1-13H/b4-2-,25-10?. The van der Waals surface area contributed by atoms with Gasteiger partial charge < -0.3 is 4.42 Å². The molecule has 0 aliphatic rings. The monoisotopic (exact) mass is 437 g/mol. The number of hydrogen-bond acceptors (Lipinski definition) is 5. The van der Waals surface area contributed by atoms with Gasteiger partial charge in [-0.2, -0.15) is 0 Å². The van der Waals surface area contributed by atoms with E-state index >= 15 is 0 Å². The van der Waals surface area contributed by atoms with Crippen molar-refractivity contribution in [1.82, 2.24) is 4.98 Å². The molecule has 0 amide bonds. The first-order valence-electron chi connectivity index (χ1n) is 8.81.